The molecule has 2 aromatic heterocycles. The van der Waals surface area contributed by atoms with Crippen molar-refractivity contribution in [2.75, 3.05) is 20.8 Å². The first-order chi connectivity index (χ1) is 16.0. The van der Waals surface area contributed by atoms with E-state index in [1.807, 2.05) is 31.2 Å². The maximum absolute atomic E-state index is 13.0. The van der Waals surface area contributed by atoms with E-state index in [1.165, 1.54) is 4.52 Å². The van der Waals surface area contributed by atoms with Crippen LogP contribution in [-0.4, -0.2) is 35.4 Å². The minimum atomic E-state index is -0.451. The molecule has 0 aliphatic carbocycles. The van der Waals surface area contributed by atoms with Crippen LogP contribution < -0.4 is 29.9 Å². The summed E-state index contributed by atoms with van der Waals surface area (Å²) in [5, 5.41) is 4.31. The second-order valence-electron chi connectivity index (χ2n) is 7.25. The van der Waals surface area contributed by atoms with Gasteiger partial charge < -0.3 is 14.2 Å². The molecule has 8 nitrogen and oxygen atoms in total. The van der Waals surface area contributed by atoms with E-state index in [0.29, 0.717) is 28.2 Å². The lowest BCUT2D eigenvalue weighted by Crippen LogP contribution is -2.28. The zero-order chi connectivity index (χ0) is 23.4. The lowest BCUT2D eigenvalue weighted by atomic mass is 10.1. The van der Waals surface area contributed by atoms with Gasteiger partial charge in [0.25, 0.3) is 11.1 Å². The summed E-state index contributed by atoms with van der Waals surface area (Å²) in [7, 11) is 3.12. The molecule has 0 radical (unpaired) electrons. The van der Waals surface area contributed by atoms with Crippen molar-refractivity contribution < 1.29 is 14.2 Å². The predicted octanol–water partition coefficient (Wildman–Crippen LogP) is 2.46. The number of benzene rings is 2. The number of thiazole rings is 1. The lowest BCUT2D eigenvalue weighted by Gasteiger charge is -2.06. The third-order valence-electron chi connectivity index (χ3n) is 4.94. The van der Waals surface area contributed by atoms with Crippen LogP contribution in [0.15, 0.2) is 52.1 Å². The third-order valence-corrected chi connectivity index (χ3v) is 5.90. The average Bonchev–Trinajstić information content (AvgIpc) is 3.12. The van der Waals surface area contributed by atoms with Crippen LogP contribution in [0.1, 0.15) is 30.2 Å². The molecule has 0 aliphatic heterocycles. The molecule has 0 amide bonds. The van der Waals surface area contributed by atoms with E-state index in [2.05, 4.69) is 10.1 Å². The van der Waals surface area contributed by atoms with Gasteiger partial charge in [-0.2, -0.15) is 14.6 Å². The molecule has 0 aliphatic rings. The van der Waals surface area contributed by atoms with Crippen LogP contribution >= 0.6 is 11.3 Å². The molecule has 0 fully saturated rings. The van der Waals surface area contributed by atoms with Crippen LogP contribution in [0.25, 0.3) is 11.0 Å². The highest BCUT2D eigenvalue weighted by Crippen LogP contribution is 2.24. The van der Waals surface area contributed by atoms with Crippen molar-refractivity contribution in [3.63, 3.8) is 0 Å². The monoisotopic (exact) mass is 465 g/mol. The fourth-order valence-electron chi connectivity index (χ4n) is 3.26. The number of hydrogen-bond donors (Lipinski definition) is 0. The van der Waals surface area contributed by atoms with E-state index in [4.69, 9.17) is 14.2 Å². The first kappa shape index (κ1) is 22.5. The van der Waals surface area contributed by atoms with E-state index in [0.717, 1.165) is 29.1 Å². The summed E-state index contributed by atoms with van der Waals surface area (Å²) in [6.45, 7) is 2.69. The van der Waals surface area contributed by atoms with Gasteiger partial charge in [0, 0.05) is 12.0 Å². The molecule has 0 saturated carbocycles. The van der Waals surface area contributed by atoms with Crippen molar-refractivity contribution in [2.45, 2.75) is 19.8 Å². The van der Waals surface area contributed by atoms with Gasteiger partial charge in [-0.25, -0.2) is 0 Å². The molecule has 33 heavy (non-hydrogen) atoms. The molecule has 0 spiro atoms. The zero-order valence-electron chi connectivity index (χ0n) is 18.5. The molecule has 0 unspecified atom stereocenters. The number of nitrogens with zero attached hydrogens (tertiary/aromatic N) is 3. The quantitative estimate of drug-likeness (QED) is 0.395. The van der Waals surface area contributed by atoms with Crippen molar-refractivity contribution in [3.05, 3.63) is 84.5 Å². The van der Waals surface area contributed by atoms with E-state index in [-0.39, 0.29) is 22.6 Å². The minimum Gasteiger partial charge on any atom is -0.497 e. The van der Waals surface area contributed by atoms with Gasteiger partial charge in [-0.05, 0) is 48.4 Å². The molecule has 9 heteroatoms. The molecule has 4 rings (SSSR count). The Morgan fingerprint density at radius 2 is 1.79 bits per heavy atom. The number of fused-ring (bicyclic) bond motifs is 1. The van der Waals surface area contributed by atoms with Gasteiger partial charge in [0.2, 0.25) is 4.96 Å². The van der Waals surface area contributed by atoms with E-state index >= 15 is 0 Å². The SMILES string of the molecule is CCCOc1ccc(Cc2nn3c(=O)c(=Cc4cc(OC)ccc4OC)sc3nc2=O)cc1. The topological polar surface area (TPSA) is 92.0 Å². The standard InChI is InChI=1S/C24H23N3O5S/c1-4-11-32-17-7-5-15(6-8-17)12-19-22(28)25-24-27(26-19)23(29)21(33-24)14-16-13-18(30-2)9-10-20(16)31-3/h5-10,13-14H,4,11-12H2,1-3H3. The summed E-state index contributed by atoms with van der Waals surface area (Å²) in [4.78, 5) is 29.9. The number of methoxy groups -OCH3 is 2. The highest BCUT2D eigenvalue weighted by Gasteiger charge is 2.13. The van der Waals surface area contributed by atoms with Crippen LogP contribution in [0.4, 0.5) is 0 Å². The van der Waals surface area contributed by atoms with Gasteiger partial charge in [-0.15, -0.1) is 0 Å². The van der Waals surface area contributed by atoms with Gasteiger partial charge in [-0.3, -0.25) is 9.59 Å². The van der Waals surface area contributed by atoms with Gasteiger partial charge in [0.1, 0.15) is 22.9 Å². The molecule has 2 heterocycles. The molecular formula is C24H23N3O5S. The Balaban J connectivity index is 1.70. The Hall–Kier alpha value is -3.72. The first-order valence-corrected chi connectivity index (χ1v) is 11.2. The summed E-state index contributed by atoms with van der Waals surface area (Å²) in [5.74, 6) is 2.00. The van der Waals surface area contributed by atoms with Crippen LogP contribution in [0.5, 0.6) is 17.2 Å². The first-order valence-electron chi connectivity index (χ1n) is 10.4. The van der Waals surface area contributed by atoms with E-state index in [1.54, 1.807) is 38.5 Å². The largest absolute Gasteiger partial charge is 0.497 e. The molecule has 0 saturated heterocycles. The van der Waals surface area contributed by atoms with E-state index in [9.17, 15) is 9.59 Å². The maximum atomic E-state index is 13.0. The summed E-state index contributed by atoms with van der Waals surface area (Å²) < 4.78 is 17.8. The Bertz CT molecular complexity index is 1440. The molecular weight excluding hydrogens is 442 g/mol. The second kappa shape index (κ2) is 9.83. The highest BCUT2D eigenvalue weighted by molar-refractivity contribution is 7.15. The molecule has 170 valence electrons. The average molecular weight is 466 g/mol. The zero-order valence-corrected chi connectivity index (χ0v) is 19.3. The summed E-state index contributed by atoms with van der Waals surface area (Å²) in [5.41, 5.74) is 0.954. The van der Waals surface area contributed by atoms with E-state index < -0.39 is 5.56 Å². The Morgan fingerprint density at radius 3 is 2.48 bits per heavy atom. The molecule has 2 aromatic carbocycles. The third kappa shape index (κ3) is 4.88. The van der Waals surface area contributed by atoms with Crippen LogP contribution in [0.2, 0.25) is 0 Å². The van der Waals surface area contributed by atoms with Gasteiger partial charge in [-0.1, -0.05) is 30.4 Å². The highest BCUT2D eigenvalue weighted by atomic mass is 32.1. The smallest absolute Gasteiger partial charge is 0.296 e. The van der Waals surface area contributed by atoms with Crippen molar-refractivity contribution in [1.29, 1.82) is 0 Å². The Morgan fingerprint density at radius 1 is 1.03 bits per heavy atom. The molecule has 0 atom stereocenters. The predicted molar refractivity (Wildman–Crippen MR) is 127 cm³/mol. The van der Waals surface area contributed by atoms with Crippen molar-refractivity contribution >= 4 is 22.4 Å². The van der Waals surface area contributed by atoms with Crippen LogP contribution in [0, 0.1) is 0 Å². The Kier molecular flexibility index (Phi) is 6.69. The fourth-order valence-corrected chi connectivity index (χ4v) is 4.16. The number of aromatic nitrogens is 3. The van der Waals surface area contributed by atoms with Crippen molar-refractivity contribution in [3.8, 4) is 17.2 Å². The maximum Gasteiger partial charge on any atom is 0.296 e. The number of hydrogen-bond acceptors (Lipinski definition) is 8. The van der Waals surface area contributed by atoms with Crippen LogP contribution in [-0.2, 0) is 6.42 Å². The van der Waals surface area contributed by atoms with Gasteiger partial charge in [0.05, 0.1) is 25.4 Å². The van der Waals surface area contributed by atoms with Crippen molar-refractivity contribution in [2.24, 2.45) is 0 Å². The summed E-state index contributed by atoms with van der Waals surface area (Å²) >= 11 is 1.10. The number of ether oxygens (including phenoxy) is 3. The van der Waals surface area contributed by atoms with Gasteiger partial charge >= 0.3 is 0 Å². The normalized spacial score (nSPS) is 11.7. The molecule has 4 aromatic rings. The lowest BCUT2D eigenvalue weighted by molar-refractivity contribution is 0.317. The number of rotatable bonds is 8. The summed E-state index contributed by atoms with van der Waals surface area (Å²) in [6, 6.07) is 12.8. The van der Waals surface area contributed by atoms with Crippen molar-refractivity contribution in [1.82, 2.24) is 14.6 Å². The Labute approximate surface area is 193 Å². The minimum absolute atomic E-state index is 0.204. The molecule has 0 bridgehead atoms. The summed E-state index contributed by atoms with van der Waals surface area (Å²) in [6.07, 6.45) is 2.88. The van der Waals surface area contributed by atoms with Gasteiger partial charge in [0.15, 0.2) is 0 Å². The fraction of sp³-hybridized carbons (Fsp3) is 0.250. The molecule has 0 N–H and O–H groups in total. The second-order valence-corrected chi connectivity index (χ2v) is 8.26. The van der Waals surface area contributed by atoms with Crippen LogP contribution in [0.3, 0.4) is 0 Å².